The average molecular weight is 412 g/mol. The lowest BCUT2D eigenvalue weighted by Gasteiger charge is -2.12. The zero-order valence-corrected chi connectivity index (χ0v) is 17.3. The van der Waals surface area contributed by atoms with Gasteiger partial charge in [0.15, 0.2) is 0 Å². The van der Waals surface area contributed by atoms with Crippen LogP contribution in [0.4, 0.5) is 0 Å². The SMILES string of the molecule is COc1ccccc1C=CC(C)NCCNS(=O)(=O)c1cccc2cnccc12. The fourth-order valence-electron chi connectivity index (χ4n) is 3.01. The molecule has 0 aliphatic carbocycles. The lowest BCUT2D eigenvalue weighted by atomic mass is 10.1. The summed E-state index contributed by atoms with van der Waals surface area (Å²) < 4.78 is 33.4. The van der Waals surface area contributed by atoms with E-state index in [9.17, 15) is 8.42 Å². The number of nitrogens with one attached hydrogen (secondary N) is 2. The molecule has 0 aliphatic heterocycles. The van der Waals surface area contributed by atoms with Gasteiger partial charge in [-0.3, -0.25) is 4.98 Å². The Morgan fingerprint density at radius 1 is 1.10 bits per heavy atom. The van der Waals surface area contributed by atoms with Gasteiger partial charge in [-0.2, -0.15) is 0 Å². The van der Waals surface area contributed by atoms with Crippen molar-refractivity contribution in [3.8, 4) is 5.75 Å². The largest absolute Gasteiger partial charge is 0.496 e. The number of hydrogen-bond donors (Lipinski definition) is 2. The third kappa shape index (κ3) is 5.41. The van der Waals surface area contributed by atoms with Crippen LogP contribution < -0.4 is 14.8 Å². The van der Waals surface area contributed by atoms with Crippen LogP contribution in [0.15, 0.2) is 71.9 Å². The third-order valence-electron chi connectivity index (χ3n) is 4.52. The second kappa shape index (κ2) is 9.65. The molecule has 29 heavy (non-hydrogen) atoms. The maximum Gasteiger partial charge on any atom is 0.241 e. The highest BCUT2D eigenvalue weighted by atomic mass is 32.2. The first-order valence-electron chi connectivity index (χ1n) is 9.38. The monoisotopic (exact) mass is 411 g/mol. The third-order valence-corrected chi connectivity index (χ3v) is 6.04. The number of nitrogens with zero attached hydrogens (tertiary/aromatic N) is 1. The molecule has 2 aromatic carbocycles. The van der Waals surface area contributed by atoms with E-state index in [2.05, 4.69) is 15.0 Å². The van der Waals surface area contributed by atoms with Gasteiger partial charge in [-0.1, -0.05) is 42.5 Å². The van der Waals surface area contributed by atoms with Crippen molar-refractivity contribution in [1.29, 1.82) is 0 Å². The van der Waals surface area contributed by atoms with E-state index in [-0.39, 0.29) is 17.5 Å². The summed E-state index contributed by atoms with van der Waals surface area (Å²) in [4.78, 5) is 4.31. The van der Waals surface area contributed by atoms with Crippen LogP contribution in [-0.4, -0.2) is 39.6 Å². The molecule has 0 fully saturated rings. The van der Waals surface area contributed by atoms with Crippen molar-refractivity contribution in [3.63, 3.8) is 0 Å². The van der Waals surface area contributed by atoms with Gasteiger partial charge in [0.25, 0.3) is 0 Å². The van der Waals surface area contributed by atoms with Gasteiger partial charge in [0.2, 0.25) is 10.0 Å². The molecule has 2 N–H and O–H groups in total. The topological polar surface area (TPSA) is 80.3 Å². The maximum absolute atomic E-state index is 12.7. The van der Waals surface area contributed by atoms with Crippen molar-refractivity contribution in [2.45, 2.75) is 17.9 Å². The molecule has 0 saturated heterocycles. The van der Waals surface area contributed by atoms with E-state index in [0.717, 1.165) is 16.7 Å². The number of fused-ring (bicyclic) bond motifs is 1. The molecule has 0 aliphatic rings. The Balaban J connectivity index is 1.55. The van der Waals surface area contributed by atoms with E-state index in [1.807, 2.05) is 49.4 Å². The van der Waals surface area contributed by atoms with Gasteiger partial charge in [-0.15, -0.1) is 0 Å². The number of rotatable bonds is 9. The second-order valence-electron chi connectivity index (χ2n) is 6.59. The number of aromatic nitrogens is 1. The van der Waals surface area contributed by atoms with E-state index in [1.165, 1.54) is 0 Å². The van der Waals surface area contributed by atoms with Crippen LogP contribution in [0.3, 0.4) is 0 Å². The molecule has 0 amide bonds. The Kier molecular flexibility index (Phi) is 6.98. The molecule has 0 saturated carbocycles. The Hall–Kier alpha value is -2.74. The Bertz CT molecular complexity index is 1090. The van der Waals surface area contributed by atoms with Gasteiger partial charge in [-0.05, 0) is 25.1 Å². The highest BCUT2D eigenvalue weighted by Crippen LogP contribution is 2.21. The van der Waals surface area contributed by atoms with Gasteiger partial charge in [-0.25, -0.2) is 13.1 Å². The van der Waals surface area contributed by atoms with Gasteiger partial charge in [0.05, 0.1) is 12.0 Å². The molecule has 1 atom stereocenters. The fourth-order valence-corrected chi connectivity index (χ4v) is 4.27. The summed E-state index contributed by atoms with van der Waals surface area (Å²) in [5.74, 6) is 0.814. The Morgan fingerprint density at radius 3 is 2.76 bits per heavy atom. The van der Waals surface area contributed by atoms with Crippen LogP contribution >= 0.6 is 0 Å². The first-order valence-corrected chi connectivity index (χ1v) is 10.9. The number of para-hydroxylation sites is 1. The summed E-state index contributed by atoms with van der Waals surface area (Å²) in [6.45, 7) is 2.80. The Morgan fingerprint density at radius 2 is 1.93 bits per heavy atom. The molecule has 152 valence electrons. The molecule has 1 aromatic heterocycles. The van der Waals surface area contributed by atoms with E-state index in [0.29, 0.717) is 11.9 Å². The number of pyridine rings is 1. The van der Waals surface area contributed by atoms with Crippen molar-refractivity contribution in [2.75, 3.05) is 20.2 Å². The van der Waals surface area contributed by atoms with E-state index >= 15 is 0 Å². The van der Waals surface area contributed by atoms with E-state index in [1.54, 1.807) is 37.7 Å². The molecule has 7 heteroatoms. The van der Waals surface area contributed by atoms with Crippen molar-refractivity contribution >= 4 is 26.9 Å². The molecule has 3 rings (SSSR count). The van der Waals surface area contributed by atoms with Crippen LogP contribution in [0.2, 0.25) is 0 Å². The van der Waals surface area contributed by atoms with E-state index < -0.39 is 10.0 Å². The predicted molar refractivity (Wildman–Crippen MR) is 116 cm³/mol. The minimum atomic E-state index is -3.60. The number of hydrogen-bond acceptors (Lipinski definition) is 5. The zero-order valence-electron chi connectivity index (χ0n) is 16.5. The molecule has 1 unspecified atom stereocenters. The molecular weight excluding hydrogens is 386 g/mol. The van der Waals surface area contributed by atoms with Crippen molar-refractivity contribution in [2.24, 2.45) is 0 Å². The fraction of sp³-hybridized carbons (Fsp3) is 0.227. The molecule has 0 radical (unpaired) electrons. The standard InChI is InChI=1S/C22H25N3O3S/c1-17(10-11-18-6-3-4-8-21(18)28-2)24-14-15-25-29(26,27)22-9-5-7-19-16-23-13-12-20(19)22/h3-13,16-17,24-25H,14-15H2,1-2H3. The minimum absolute atomic E-state index is 0.0769. The average Bonchev–Trinajstić information content (AvgIpc) is 2.75. The summed E-state index contributed by atoms with van der Waals surface area (Å²) in [6, 6.07) is 14.7. The quantitative estimate of drug-likeness (QED) is 0.529. The Labute approximate surface area is 171 Å². The molecule has 0 bridgehead atoms. The molecule has 1 heterocycles. The zero-order chi connectivity index (χ0) is 20.7. The van der Waals surface area contributed by atoms with Crippen LogP contribution in [-0.2, 0) is 10.0 Å². The maximum atomic E-state index is 12.7. The second-order valence-corrected chi connectivity index (χ2v) is 8.33. The first kappa shape index (κ1) is 21.0. The molecular formula is C22H25N3O3S. The first-order chi connectivity index (χ1) is 14.0. The van der Waals surface area contributed by atoms with E-state index in [4.69, 9.17) is 4.74 Å². The van der Waals surface area contributed by atoms with Crippen molar-refractivity contribution < 1.29 is 13.2 Å². The smallest absolute Gasteiger partial charge is 0.241 e. The molecule has 0 spiro atoms. The van der Waals surface area contributed by atoms with Gasteiger partial charge in [0, 0.05) is 47.9 Å². The molecule has 3 aromatic rings. The van der Waals surface area contributed by atoms with Crippen molar-refractivity contribution in [1.82, 2.24) is 15.0 Å². The van der Waals surface area contributed by atoms with Gasteiger partial charge in [0.1, 0.15) is 5.75 Å². The number of sulfonamides is 1. The lowest BCUT2D eigenvalue weighted by molar-refractivity contribution is 0.414. The van der Waals surface area contributed by atoms with Crippen molar-refractivity contribution in [3.05, 3.63) is 72.6 Å². The van der Waals surface area contributed by atoms with Crippen LogP contribution in [0, 0.1) is 0 Å². The predicted octanol–water partition coefficient (Wildman–Crippen LogP) is 3.21. The highest BCUT2D eigenvalue weighted by molar-refractivity contribution is 7.89. The number of ether oxygens (including phenoxy) is 1. The summed E-state index contributed by atoms with van der Waals surface area (Å²) in [6.07, 6.45) is 7.26. The van der Waals surface area contributed by atoms with Gasteiger partial charge < -0.3 is 10.1 Å². The normalized spacial score (nSPS) is 13.0. The summed E-state index contributed by atoms with van der Waals surface area (Å²) in [5.41, 5.74) is 0.995. The lowest BCUT2D eigenvalue weighted by Crippen LogP contribution is -2.35. The summed E-state index contributed by atoms with van der Waals surface area (Å²) >= 11 is 0. The van der Waals surface area contributed by atoms with Crippen LogP contribution in [0.1, 0.15) is 12.5 Å². The highest BCUT2D eigenvalue weighted by Gasteiger charge is 2.16. The number of benzene rings is 2. The summed E-state index contributed by atoms with van der Waals surface area (Å²) in [7, 11) is -1.96. The minimum Gasteiger partial charge on any atom is -0.496 e. The summed E-state index contributed by atoms with van der Waals surface area (Å²) in [5, 5.41) is 4.75. The van der Waals surface area contributed by atoms with Gasteiger partial charge >= 0.3 is 0 Å². The van der Waals surface area contributed by atoms with Crippen LogP contribution in [0.25, 0.3) is 16.8 Å². The van der Waals surface area contributed by atoms with Crippen LogP contribution in [0.5, 0.6) is 5.75 Å². The molecule has 6 nitrogen and oxygen atoms in total. The number of methoxy groups -OCH3 is 1.